The molecule has 0 saturated carbocycles. The fraction of sp³-hybridized carbons (Fsp3) is 0.273. The standard InChI is InChI=1S/C11H12ClNO3/c1-14-9-5-7(6-13-15-2)10(12)8-3-4-16-11(8)9/h3-5,13H,6H2,1-2H3. The van der Waals surface area contributed by atoms with E-state index in [1.807, 2.05) is 12.1 Å². The van der Waals surface area contributed by atoms with Gasteiger partial charge in [-0.25, -0.2) is 0 Å². The summed E-state index contributed by atoms with van der Waals surface area (Å²) in [6.45, 7) is 0.507. The van der Waals surface area contributed by atoms with Crippen molar-refractivity contribution < 1.29 is 14.0 Å². The van der Waals surface area contributed by atoms with Gasteiger partial charge in [0.05, 0.1) is 25.5 Å². The molecule has 1 aromatic heterocycles. The van der Waals surface area contributed by atoms with Gasteiger partial charge >= 0.3 is 0 Å². The number of hydrogen-bond donors (Lipinski definition) is 1. The molecule has 0 unspecified atom stereocenters. The van der Waals surface area contributed by atoms with Gasteiger partial charge in [-0.05, 0) is 17.7 Å². The van der Waals surface area contributed by atoms with Gasteiger partial charge in [0, 0.05) is 11.9 Å². The third-order valence-corrected chi connectivity index (χ3v) is 2.79. The molecule has 86 valence electrons. The van der Waals surface area contributed by atoms with Crippen LogP contribution in [0.3, 0.4) is 0 Å². The first-order valence-electron chi connectivity index (χ1n) is 4.76. The summed E-state index contributed by atoms with van der Waals surface area (Å²) in [6.07, 6.45) is 1.59. The molecule has 5 heteroatoms. The van der Waals surface area contributed by atoms with Crippen molar-refractivity contribution in [3.8, 4) is 5.75 Å². The van der Waals surface area contributed by atoms with E-state index in [1.54, 1.807) is 20.5 Å². The zero-order chi connectivity index (χ0) is 11.5. The number of benzene rings is 1. The number of methoxy groups -OCH3 is 1. The molecule has 0 saturated heterocycles. The fourth-order valence-electron chi connectivity index (χ4n) is 1.56. The van der Waals surface area contributed by atoms with E-state index >= 15 is 0 Å². The monoisotopic (exact) mass is 241 g/mol. The van der Waals surface area contributed by atoms with E-state index in [4.69, 9.17) is 25.6 Å². The van der Waals surface area contributed by atoms with Crippen molar-refractivity contribution in [1.82, 2.24) is 5.48 Å². The second-order valence-electron chi connectivity index (χ2n) is 3.24. The maximum atomic E-state index is 6.24. The van der Waals surface area contributed by atoms with Gasteiger partial charge in [-0.15, -0.1) is 0 Å². The highest BCUT2D eigenvalue weighted by atomic mass is 35.5. The molecule has 0 atom stereocenters. The highest BCUT2D eigenvalue weighted by Crippen LogP contribution is 2.35. The van der Waals surface area contributed by atoms with Gasteiger partial charge in [0.15, 0.2) is 11.3 Å². The number of ether oxygens (including phenoxy) is 1. The van der Waals surface area contributed by atoms with Crippen molar-refractivity contribution in [2.45, 2.75) is 6.54 Å². The van der Waals surface area contributed by atoms with Crippen molar-refractivity contribution in [3.63, 3.8) is 0 Å². The smallest absolute Gasteiger partial charge is 0.177 e. The maximum absolute atomic E-state index is 6.24. The van der Waals surface area contributed by atoms with Crippen LogP contribution in [0.2, 0.25) is 5.02 Å². The molecule has 4 nitrogen and oxygen atoms in total. The molecule has 0 aliphatic rings. The molecule has 0 aliphatic carbocycles. The summed E-state index contributed by atoms with van der Waals surface area (Å²) >= 11 is 6.24. The van der Waals surface area contributed by atoms with Crippen LogP contribution in [0.25, 0.3) is 11.0 Å². The Bertz CT molecular complexity index is 495. The van der Waals surface area contributed by atoms with Crippen LogP contribution < -0.4 is 10.2 Å². The SMILES string of the molecule is CONCc1cc(OC)c2occc2c1Cl. The van der Waals surface area contributed by atoms with Crippen LogP contribution in [0.5, 0.6) is 5.75 Å². The van der Waals surface area contributed by atoms with Crippen LogP contribution in [0, 0.1) is 0 Å². The summed E-state index contributed by atoms with van der Waals surface area (Å²) in [6, 6.07) is 3.65. The zero-order valence-corrected chi connectivity index (χ0v) is 9.80. The Morgan fingerprint density at radius 3 is 2.94 bits per heavy atom. The first-order valence-corrected chi connectivity index (χ1v) is 5.14. The Hall–Kier alpha value is -1.23. The third-order valence-electron chi connectivity index (χ3n) is 2.34. The van der Waals surface area contributed by atoms with Crippen molar-refractivity contribution in [2.24, 2.45) is 0 Å². The second-order valence-corrected chi connectivity index (χ2v) is 3.62. The van der Waals surface area contributed by atoms with Crippen molar-refractivity contribution in [2.75, 3.05) is 14.2 Å². The lowest BCUT2D eigenvalue weighted by Crippen LogP contribution is -2.11. The molecule has 0 fully saturated rings. The van der Waals surface area contributed by atoms with Gasteiger partial charge in [-0.3, -0.25) is 0 Å². The maximum Gasteiger partial charge on any atom is 0.177 e. The van der Waals surface area contributed by atoms with Gasteiger partial charge in [0.25, 0.3) is 0 Å². The number of hydroxylamine groups is 1. The Labute approximate surface area is 98.0 Å². The van der Waals surface area contributed by atoms with E-state index in [0.717, 1.165) is 10.9 Å². The summed E-state index contributed by atoms with van der Waals surface area (Å²) in [7, 11) is 3.15. The molecule has 1 aromatic carbocycles. The van der Waals surface area contributed by atoms with Gasteiger partial charge in [-0.1, -0.05) is 11.6 Å². The average Bonchev–Trinajstić information content (AvgIpc) is 2.78. The highest BCUT2D eigenvalue weighted by Gasteiger charge is 2.13. The lowest BCUT2D eigenvalue weighted by Gasteiger charge is -2.08. The van der Waals surface area contributed by atoms with E-state index in [1.165, 1.54) is 0 Å². The lowest BCUT2D eigenvalue weighted by molar-refractivity contribution is 0.0867. The molecule has 1 N–H and O–H groups in total. The molecule has 0 amide bonds. The molecule has 16 heavy (non-hydrogen) atoms. The molecule has 1 heterocycles. The second kappa shape index (κ2) is 4.74. The van der Waals surface area contributed by atoms with Gasteiger partial charge in [-0.2, -0.15) is 5.48 Å². The van der Waals surface area contributed by atoms with Crippen molar-refractivity contribution >= 4 is 22.6 Å². The predicted molar refractivity (Wildman–Crippen MR) is 61.6 cm³/mol. The Morgan fingerprint density at radius 2 is 2.25 bits per heavy atom. The van der Waals surface area contributed by atoms with Crippen LogP contribution in [0.4, 0.5) is 0 Å². The fourth-order valence-corrected chi connectivity index (χ4v) is 1.83. The van der Waals surface area contributed by atoms with E-state index in [2.05, 4.69) is 5.48 Å². The number of rotatable bonds is 4. The van der Waals surface area contributed by atoms with Crippen molar-refractivity contribution in [3.05, 3.63) is 29.0 Å². The molecule has 0 spiro atoms. The molecule has 0 bridgehead atoms. The summed E-state index contributed by atoms with van der Waals surface area (Å²) in [4.78, 5) is 4.79. The summed E-state index contributed by atoms with van der Waals surface area (Å²) in [5, 5.41) is 1.49. The number of halogens is 1. The minimum atomic E-state index is 0.507. The third kappa shape index (κ3) is 1.87. The first-order chi connectivity index (χ1) is 7.77. The number of fused-ring (bicyclic) bond motifs is 1. The van der Waals surface area contributed by atoms with Crippen LogP contribution in [-0.2, 0) is 11.4 Å². The number of furan rings is 1. The molecule has 0 radical (unpaired) electrons. The van der Waals surface area contributed by atoms with Gasteiger partial charge in [0.2, 0.25) is 0 Å². The van der Waals surface area contributed by atoms with E-state index in [-0.39, 0.29) is 0 Å². The molecule has 2 rings (SSSR count). The number of hydrogen-bond acceptors (Lipinski definition) is 4. The molecule has 0 aliphatic heterocycles. The van der Waals surface area contributed by atoms with Crippen LogP contribution >= 0.6 is 11.6 Å². The highest BCUT2D eigenvalue weighted by molar-refractivity contribution is 6.36. The van der Waals surface area contributed by atoms with Crippen LogP contribution in [-0.4, -0.2) is 14.2 Å². The van der Waals surface area contributed by atoms with Crippen molar-refractivity contribution in [1.29, 1.82) is 0 Å². The number of nitrogens with one attached hydrogen (secondary N) is 1. The Balaban J connectivity index is 2.52. The van der Waals surface area contributed by atoms with E-state index < -0.39 is 0 Å². The molecular formula is C11H12ClNO3. The largest absolute Gasteiger partial charge is 0.493 e. The van der Waals surface area contributed by atoms with E-state index in [9.17, 15) is 0 Å². The molecule has 2 aromatic rings. The van der Waals surface area contributed by atoms with Gasteiger partial charge in [0.1, 0.15) is 0 Å². The lowest BCUT2D eigenvalue weighted by atomic mass is 10.1. The average molecular weight is 242 g/mol. The van der Waals surface area contributed by atoms with Gasteiger partial charge < -0.3 is 14.0 Å². The Morgan fingerprint density at radius 1 is 1.44 bits per heavy atom. The topological polar surface area (TPSA) is 43.6 Å². The summed E-state index contributed by atoms with van der Waals surface area (Å²) in [5.41, 5.74) is 4.30. The zero-order valence-electron chi connectivity index (χ0n) is 9.04. The van der Waals surface area contributed by atoms with Crippen LogP contribution in [0.1, 0.15) is 5.56 Å². The minimum absolute atomic E-state index is 0.507. The predicted octanol–water partition coefficient (Wildman–Crippen LogP) is 2.75. The Kier molecular flexibility index (Phi) is 3.33. The van der Waals surface area contributed by atoms with E-state index in [0.29, 0.717) is 22.9 Å². The molecular weight excluding hydrogens is 230 g/mol. The first kappa shape index (κ1) is 11.3. The van der Waals surface area contributed by atoms with Crippen LogP contribution in [0.15, 0.2) is 22.8 Å². The summed E-state index contributed by atoms with van der Waals surface area (Å²) in [5.74, 6) is 0.664. The normalized spacial score (nSPS) is 10.9. The summed E-state index contributed by atoms with van der Waals surface area (Å²) < 4.78 is 10.6. The minimum Gasteiger partial charge on any atom is -0.493 e. The quantitative estimate of drug-likeness (QED) is 0.836.